The van der Waals surface area contributed by atoms with Crippen molar-refractivity contribution in [1.82, 2.24) is 0 Å². The van der Waals surface area contributed by atoms with Crippen LogP contribution >= 0.6 is 0 Å². The molecule has 0 aliphatic heterocycles. The van der Waals surface area contributed by atoms with Crippen LogP contribution in [0.3, 0.4) is 0 Å². The maximum absolute atomic E-state index is 12.2. The number of ether oxygens (including phenoxy) is 1. The first-order chi connectivity index (χ1) is 19.3. The van der Waals surface area contributed by atoms with Crippen molar-refractivity contribution in [2.24, 2.45) is 16.5 Å². The molecule has 0 saturated carbocycles. The van der Waals surface area contributed by atoms with Crippen molar-refractivity contribution in [2.45, 2.75) is 88.9 Å². The summed E-state index contributed by atoms with van der Waals surface area (Å²) in [6.45, 7) is 11.7. The molecule has 2 rings (SSSR count). The summed E-state index contributed by atoms with van der Waals surface area (Å²) in [5.41, 5.74) is 14.1. The summed E-state index contributed by atoms with van der Waals surface area (Å²) in [5.74, 6) is -1.37. The number of rotatable bonds is 10. The van der Waals surface area contributed by atoms with Crippen LogP contribution in [0.2, 0.25) is 0 Å². The lowest BCUT2D eigenvalue weighted by molar-refractivity contribution is 0.0599. The molecule has 0 aliphatic carbocycles. The second-order valence-electron chi connectivity index (χ2n) is 10.8. The fourth-order valence-corrected chi connectivity index (χ4v) is 6.57. The molecule has 2 aromatic carbocycles. The molecule has 12 heteroatoms. The molecule has 1 amide bonds. The van der Waals surface area contributed by atoms with E-state index in [4.69, 9.17) is 16.2 Å². The van der Waals surface area contributed by atoms with Crippen LogP contribution < -0.4 is 11.5 Å². The fourth-order valence-electron chi connectivity index (χ4n) is 4.46. The lowest BCUT2D eigenvalue weighted by Gasteiger charge is -2.16. The second kappa shape index (κ2) is 15.3. The molecule has 234 valence electrons. The molecule has 0 atom stereocenters. The van der Waals surface area contributed by atoms with Crippen LogP contribution in [0.15, 0.2) is 39.0 Å². The van der Waals surface area contributed by atoms with E-state index in [0.29, 0.717) is 24.0 Å². The smallest absolute Gasteiger partial charge is 0.338 e. The van der Waals surface area contributed by atoms with Crippen molar-refractivity contribution in [3.8, 4) is 0 Å². The van der Waals surface area contributed by atoms with Gasteiger partial charge in [-0.05, 0) is 59.1 Å². The van der Waals surface area contributed by atoms with Crippen LogP contribution in [0.4, 0.5) is 0 Å². The summed E-state index contributed by atoms with van der Waals surface area (Å²) in [5, 5.41) is 0. The number of nitrogens with zero attached hydrogens (tertiary/aromatic N) is 1. The van der Waals surface area contributed by atoms with Gasteiger partial charge in [0.1, 0.15) is 0 Å². The van der Waals surface area contributed by atoms with E-state index in [0.717, 1.165) is 42.0 Å². The molecule has 0 fully saturated rings. The zero-order chi connectivity index (χ0) is 32.6. The van der Waals surface area contributed by atoms with Crippen molar-refractivity contribution in [3.05, 3.63) is 57.6 Å². The number of esters is 1. The number of sulfone groups is 2. The lowest BCUT2D eigenvalue weighted by Crippen LogP contribution is -2.24. The molecule has 4 N–H and O–H groups in total. The summed E-state index contributed by atoms with van der Waals surface area (Å²) in [7, 11) is -5.54. The Morgan fingerprint density at radius 2 is 1.14 bits per heavy atom. The van der Waals surface area contributed by atoms with Gasteiger partial charge in [-0.2, -0.15) is 4.99 Å². The number of carbonyl (C=O) groups excluding carboxylic acids is 2. The minimum absolute atomic E-state index is 0.0209. The highest BCUT2D eigenvalue weighted by Crippen LogP contribution is 2.30. The monoisotopic (exact) mass is 623 g/mol. The molecule has 0 radical (unpaired) electrons. The topological polar surface area (TPSA) is 176 Å². The SMILES string of the molecule is CCCc1cc(C(C)C)c(S(C)(=O)=O)cc1C(=O)N=C(N)N.CCCc1cc(C(C)C)c(S(C)(=O)=O)cc1C(=O)OC. The molecule has 0 spiro atoms. The molecule has 0 aliphatic rings. The van der Waals surface area contributed by atoms with Gasteiger partial charge in [0.2, 0.25) is 0 Å². The van der Waals surface area contributed by atoms with Crippen molar-refractivity contribution >= 4 is 37.5 Å². The van der Waals surface area contributed by atoms with Gasteiger partial charge in [0.05, 0.1) is 22.5 Å². The van der Waals surface area contributed by atoms with Gasteiger partial charge in [-0.3, -0.25) is 4.79 Å². The number of guanidine groups is 1. The molecule has 42 heavy (non-hydrogen) atoms. The predicted octanol–water partition coefficient (Wildman–Crippen LogP) is 4.53. The number of carbonyl (C=O) groups is 2. The number of methoxy groups -OCH3 is 1. The Kier molecular flexibility index (Phi) is 13.4. The third-order valence-corrected chi connectivity index (χ3v) is 8.72. The maximum Gasteiger partial charge on any atom is 0.338 e. The Bertz CT molecular complexity index is 1540. The van der Waals surface area contributed by atoms with Crippen LogP contribution in [-0.4, -0.2) is 54.3 Å². The van der Waals surface area contributed by atoms with Crippen LogP contribution in [0.1, 0.15) is 109 Å². The summed E-state index contributed by atoms with van der Waals surface area (Å²) in [4.78, 5) is 27.9. The van der Waals surface area contributed by atoms with Gasteiger partial charge in [0, 0.05) is 18.1 Å². The molecule has 0 unspecified atom stereocenters. The average Bonchev–Trinajstić information content (AvgIpc) is 2.86. The first kappa shape index (κ1) is 36.8. The Balaban J connectivity index is 0.000000422. The van der Waals surface area contributed by atoms with Gasteiger partial charge in [-0.25, -0.2) is 21.6 Å². The van der Waals surface area contributed by atoms with E-state index in [2.05, 4.69) is 4.99 Å². The number of benzene rings is 2. The van der Waals surface area contributed by atoms with Gasteiger partial charge >= 0.3 is 5.97 Å². The minimum atomic E-state index is -3.46. The second-order valence-corrected chi connectivity index (χ2v) is 14.7. The Morgan fingerprint density at radius 3 is 1.45 bits per heavy atom. The standard InChI is InChI=1S/C15H23N3O3S.C15H22O4S/c1-5-6-10-7-11(9(2)3)13(22(4,20)21)8-12(10)14(19)18-15(16)17;1-6-7-11-8-12(10(2)3)14(20(5,17)18)9-13(11)15(16)19-4/h7-9H,5-6H2,1-4H3,(H4,16,17,18,19);8-10H,6-7H2,1-5H3. The largest absolute Gasteiger partial charge is 0.465 e. The number of aliphatic imine (C=N–C) groups is 1. The number of amides is 1. The Labute approximate surface area is 250 Å². The highest BCUT2D eigenvalue weighted by molar-refractivity contribution is 7.91. The number of hydrogen-bond donors (Lipinski definition) is 2. The third-order valence-electron chi connectivity index (χ3n) is 6.42. The molecule has 0 saturated heterocycles. The van der Waals surface area contributed by atoms with Gasteiger partial charge in [0.25, 0.3) is 5.91 Å². The summed E-state index contributed by atoms with van der Waals surface area (Å²) < 4.78 is 52.7. The zero-order valence-corrected chi connectivity index (χ0v) is 27.7. The lowest BCUT2D eigenvalue weighted by atomic mass is 9.94. The summed E-state index contributed by atoms with van der Waals surface area (Å²) in [6.07, 6.45) is 5.34. The van der Waals surface area contributed by atoms with E-state index in [9.17, 15) is 26.4 Å². The van der Waals surface area contributed by atoms with Gasteiger partial charge in [0.15, 0.2) is 25.6 Å². The molecular weight excluding hydrogens is 578 g/mol. The van der Waals surface area contributed by atoms with E-state index in [1.165, 1.54) is 19.2 Å². The number of nitrogens with two attached hydrogens (primary N) is 2. The maximum atomic E-state index is 12.2. The van der Waals surface area contributed by atoms with E-state index in [-0.39, 0.29) is 33.1 Å². The normalized spacial score (nSPS) is 11.6. The van der Waals surface area contributed by atoms with Crippen LogP contribution in [0.25, 0.3) is 0 Å². The van der Waals surface area contributed by atoms with E-state index in [1.54, 1.807) is 6.07 Å². The van der Waals surface area contributed by atoms with Gasteiger partial charge < -0.3 is 16.2 Å². The van der Waals surface area contributed by atoms with Crippen molar-refractivity contribution in [1.29, 1.82) is 0 Å². The number of hydrogen-bond acceptors (Lipinski definition) is 7. The van der Waals surface area contributed by atoms with E-state index < -0.39 is 31.6 Å². The van der Waals surface area contributed by atoms with Crippen LogP contribution in [0, 0.1) is 0 Å². The predicted molar refractivity (Wildman–Crippen MR) is 167 cm³/mol. The molecule has 0 heterocycles. The van der Waals surface area contributed by atoms with Gasteiger partial charge in [-0.15, -0.1) is 0 Å². The quantitative estimate of drug-likeness (QED) is 0.219. The van der Waals surface area contributed by atoms with Crippen LogP contribution in [-0.2, 0) is 37.3 Å². The molecule has 2 aromatic rings. The summed E-state index contributed by atoms with van der Waals surface area (Å²) >= 11 is 0. The minimum Gasteiger partial charge on any atom is -0.465 e. The molecule has 0 bridgehead atoms. The third kappa shape index (κ3) is 9.94. The van der Waals surface area contributed by atoms with Crippen molar-refractivity contribution in [2.75, 3.05) is 19.6 Å². The molecular formula is C30H45N3O7S2. The van der Waals surface area contributed by atoms with Crippen LogP contribution in [0.5, 0.6) is 0 Å². The van der Waals surface area contributed by atoms with Gasteiger partial charge in [-0.1, -0.05) is 66.5 Å². The first-order valence-electron chi connectivity index (χ1n) is 13.8. The van der Waals surface area contributed by atoms with E-state index in [1.807, 2.05) is 47.6 Å². The molecule has 10 nitrogen and oxygen atoms in total. The van der Waals surface area contributed by atoms with E-state index >= 15 is 0 Å². The van der Waals surface area contributed by atoms with Crippen molar-refractivity contribution < 1.29 is 31.2 Å². The number of aryl methyl sites for hydroxylation is 2. The average molecular weight is 624 g/mol. The van der Waals surface area contributed by atoms with Crippen molar-refractivity contribution in [3.63, 3.8) is 0 Å². The highest BCUT2D eigenvalue weighted by atomic mass is 32.2. The first-order valence-corrected chi connectivity index (χ1v) is 17.5. The zero-order valence-electron chi connectivity index (χ0n) is 26.1. The Morgan fingerprint density at radius 1 is 0.762 bits per heavy atom. The summed E-state index contributed by atoms with van der Waals surface area (Å²) in [6, 6.07) is 6.46. The highest BCUT2D eigenvalue weighted by Gasteiger charge is 2.23. The Hall–Kier alpha value is -3.25. The fraction of sp³-hybridized carbons (Fsp3) is 0.500. The molecule has 0 aromatic heterocycles.